The van der Waals surface area contributed by atoms with Gasteiger partial charge in [-0.2, -0.15) is 11.8 Å². The van der Waals surface area contributed by atoms with E-state index in [1.807, 2.05) is 34.0 Å². The molecule has 382 valence electrons. The van der Waals surface area contributed by atoms with Gasteiger partial charge in [-0.05, 0) is 80.3 Å². The molecule has 2 rings (SSSR count). The van der Waals surface area contributed by atoms with Crippen molar-refractivity contribution in [1.82, 2.24) is 42.1 Å². The molecule has 1 aliphatic rings. The summed E-state index contributed by atoms with van der Waals surface area (Å²) in [4.78, 5) is 122. The van der Waals surface area contributed by atoms with Gasteiger partial charge in [-0.1, -0.05) is 85.7 Å². The normalized spacial score (nSPS) is 17.2. The molecular weight excluding hydrogens is 899 g/mol. The number of benzene rings is 1. The summed E-state index contributed by atoms with van der Waals surface area (Å²) in [7, 11) is 0. The summed E-state index contributed by atoms with van der Waals surface area (Å²) in [6, 6.07) is -1.60. The molecule has 11 N–H and O–H groups in total. The molecule has 0 aliphatic carbocycles. The number of carbonyl (C=O) groups is 9. The molecule has 1 saturated heterocycles. The van der Waals surface area contributed by atoms with Gasteiger partial charge in [0.2, 0.25) is 47.3 Å². The Hall–Kier alpha value is -5.28. The second-order valence-corrected chi connectivity index (χ2v) is 20.0. The molecular formula is C47H77N9O11S. The van der Waals surface area contributed by atoms with Gasteiger partial charge < -0.3 is 58.1 Å². The van der Waals surface area contributed by atoms with Gasteiger partial charge in [-0.25, -0.2) is 4.79 Å². The van der Waals surface area contributed by atoms with Gasteiger partial charge in [0, 0.05) is 13.0 Å². The van der Waals surface area contributed by atoms with Crippen molar-refractivity contribution in [2.24, 2.45) is 29.4 Å². The second kappa shape index (κ2) is 28.9. The molecule has 0 saturated carbocycles. The number of aliphatic hydroxyl groups excluding tert-OH is 1. The number of hydrogen-bond acceptors (Lipinski definition) is 12. The number of amides is 8. The van der Waals surface area contributed by atoms with Gasteiger partial charge in [0.05, 0.1) is 12.6 Å². The molecule has 1 aliphatic heterocycles. The summed E-state index contributed by atoms with van der Waals surface area (Å²) in [5.74, 6) is -7.11. The van der Waals surface area contributed by atoms with Crippen LogP contribution in [0.15, 0.2) is 30.3 Å². The molecule has 1 fully saturated rings. The van der Waals surface area contributed by atoms with E-state index in [0.29, 0.717) is 24.2 Å². The third-order valence-electron chi connectivity index (χ3n) is 11.5. The minimum atomic E-state index is -1.53. The van der Waals surface area contributed by atoms with Crippen molar-refractivity contribution in [3.05, 3.63) is 35.9 Å². The van der Waals surface area contributed by atoms with Crippen LogP contribution >= 0.6 is 11.8 Å². The molecule has 1 aromatic carbocycles. The lowest BCUT2D eigenvalue weighted by molar-refractivity contribution is -0.143. The van der Waals surface area contributed by atoms with Gasteiger partial charge >= 0.3 is 5.97 Å². The SMILES string of the molecule is CSCC[C@H](NC(=O)[C@H](C)NC(=O)[C@@H](NC(=O)[C@H](CO)NC(=O)[C@@H]1CCCN1C(=O)[C@H](CC(C)C)NC(=O)[C@@H](N)C(C)C)C(C)C)C(=O)N[C@@H](Cc1ccccc1)C(=O)N[C@@H](CC(C)C)C(=O)O. The van der Waals surface area contributed by atoms with E-state index in [1.165, 1.54) is 23.6 Å². The minimum absolute atomic E-state index is 0.00969. The van der Waals surface area contributed by atoms with E-state index in [0.717, 1.165) is 0 Å². The maximum Gasteiger partial charge on any atom is 0.326 e. The van der Waals surface area contributed by atoms with E-state index in [9.17, 15) is 53.4 Å². The fourth-order valence-corrected chi connectivity index (χ4v) is 7.96. The zero-order valence-corrected chi connectivity index (χ0v) is 42.1. The fourth-order valence-electron chi connectivity index (χ4n) is 7.48. The molecule has 20 nitrogen and oxygen atoms in total. The van der Waals surface area contributed by atoms with Crippen molar-refractivity contribution in [2.45, 2.75) is 155 Å². The Labute approximate surface area is 405 Å². The van der Waals surface area contributed by atoms with Crippen molar-refractivity contribution in [1.29, 1.82) is 0 Å². The summed E-state index contributed by atoms with van der Waals surface area (Å²) in [6.07, 6.45) is 3.15. The first-order chi connectivity index (χ1) is 31.9. The van der Waals surface area contributed by atoms with E-state index in [1.54, 1.807) is 58.0 Å². The first-order valence-electron chi connectivity index (χ1n) is 23.5. The lowest BCUT2D eigenvalue weighted by atomic mass is 10.00. The Morgan fingerprint density at radius 3 is 1.75 bits per heavy atom. The summed E-state index contributed by atoms with van der Waals surface area (Å²) in [5, 5.41) is 38.3. The lowest BCUT2D eigenvalue weighted by Gasteiger charge is -2.31. The Kier molecular flexibility index (Phi) is 25.0. The van der Waals surface area contributed by atoms with Crippen molar-refractivity contribution in [2.75, 3.05) is 25.2 Å². The van der Waals surface area contributed by atoms with Crippen LogP contribution in [-0.4, -0.2) is 148 Å². The topological polar surface area (TPSA) is 308 Å². The molecule has 9 atom stereocenters. The number of nitrogens with two attached hydrogens (primary N) is 1. The summed E-state index contributed by atoms with van der Waals surface area (Å²) >= 11 is 1.41. The van der Waals surface area contributed by atoms with Gasteiger partial charge in [0.1, 0.15) is 48.3 Å². The van der Waals surface area contributed by atoms with Gasteiger partial charge in [0.25, 0.3) is 0 Å². The molecule has 68 heavy (non-hydrogen) atoms. The number of hydrogen-bond donors (Lipinski definition) is 10. The summed E-state index contributed by atoms with van der Waals surface area (Å²) in [5.41, 5.74) is 6.73. The first kappa shape index (κ1) is 58.8. The second-order valence-electron chi connectivity index (χ2n) is 19.0. The molecule has 1 aromatic rings. The van der Waals surface area contributed by atoms with Crippen LogP contribution in [0.25, 0.3) is 0 Å². The van der Waals surface area contributed by atoms with Crippen LogP contribution in [0.1, 0.15) is 100.0 Å². The van der Waals surface area contributed by atoms with Crippen LogP contribution in [0.4, 0.5) is 0 Å². The largest absolute Gasteiger partial charge is 0.480 e. The number of nitrogens with zero attached hydrogens (tertiary/aromatic N) is 1. The molecule has 21 heteroatoms. The third kappa shape index (κ3) is 19.0. The van der Waals surface area contributed by atoms with Crippen LogP contribution in [0.2, 0.25) is 0 Å². The highest BCUT2D eigenvalue weighted by atomic mass is 32.2. The first-order valence-corrected chi connectivity index (χ1v) is 24.9. The van der Waals surface area contributed by atoms with Crippen LogP contribution in [0.5, 0.6) is 0 Å². The highest BCUT2D eigenvalue weighted by molar-refractivity contribution is 7.98. The van der Waals surface area contributed by atoms with Crippen LogP contribution < -0.4 is 43.0 Å². The zero-order chi connectivity index (χ0) is 51.4. The number of nitrogens with one attached hydrogen (secondary N) is 7. The monoisotopic (exact) mass is 976 g/mol. The fraction of sp³-hybridized carbons (Fsp3) is 0.681. The van der Waals surface area contributed by atoms with E-state index in [4.69, 9.17) is 5.73 Å². The predicted molar refractivity (Wildman–Crippen MR) is 258 cm³/mol. The molecule has 1 heterocycles. The number of carboxylic acid groups (broad SMARTS) is 1. The maximum atomic E-state index is 13.8. The average molecular weight is 976 g/mol. The van der Waals surface area contributed by atoms with Gasteiger partial charge in [-0.3, -0.25) is 38.4 Å². The Bertz CT molecular complexity index is 1870. The van der Waals surface area contributed by atoms with Gasteiger partial charge in [-0.15, -0.1) is 0 Å². The summed E-state index contributed by atoms with van der Waals surface area (Å²) < 4.78 is 0. The molecule has 0 unspecified atom stereocenters. The van der Waals surface area contributed by atoms with Crippen LogP contribution in [-0.2, 0) is 49.6 Å². The van der Waals surface area contributed by atoms with Gasteiger partial charge in [0.15, 0.2) is 0 Å². The molecule has 0 aromatic heterocycles. The molecule has 0 spiro atoms. The Balaban J connectivity index is 2.18. The average Bonchev–Trinajstić information content (AvgIpc) is 3.77. The standard InChI is InChI=1S/C47H77N9O11S/c1-25(2)21-33(52-44(63)37(48)27(5)6)46(65)56-19-14-17-36(56)43(62)54-35(24-57)42(61)55-38(28(7)8)45(64)49-29(9)39(58)50-31(18-20-68-10)40(59)51-32(23-30-15-12-11-13-16-30)41(60)53-34(47(66)67)22-26(3)4/h11-13,15-16,25-29,31-38,57H,14,17-24,48H2,1-10H3,(H,49,64)(H,50,58)(H,51,59)(H,52,63)(H,53,60)(H,54,62)(H,55,61)(H,66,67)/t29-,31-,32-,33-,34-,35-,36-,37-,38-/m0/s1. The number of likely N-dealkylation sites (tertiary alicyclic amines) is 1. The zero-order valence-electron chi connectivity index (χ0n) is 41.3. The van der Waals surface area contributed by atoms with E-state index >= 15 is 0 Å². The third-order valence-corrected chi connectivity index (χ3v) is 12.1. The predicted octanol–water partition coefficient (Wildman–Crippen LogP) is 0.195. The summed E-state index contributed by atoms with van der Waals surface area (Å²) in [6.45, 7) is 15.0. The van der Waals surface area contributed by atoms with E-state index < -0.39 is 120 Å². The Morgan fingerprint density at radius 2 is 1.21 bits per heavy atom. The van der Waals surface area contributed by atoms with Crippen LogP contribution in [0, 0.1) is 23.7 Å². The minimum Gasteiger partial charge on any atom is -0.480 e. The quantitative estimate of drug-likeness (QED) is 0.0538. The van der Waals surface area contributed by atoms with Crippen LogP contribution in [0.3, 0.4) is 0 Å². The number of rotatable bonds is 28. The highest BCUT2D eigenvalue weighted by Crippen LogP contribution is 2.21. The van der Waals surface area contributed by atoms with Crippen molar-refractivity contribution >= 4 is 65.0 Å². The number of aliphatic hydroxyl groups is 1. The maximum absolute atomic E-state index is 13.8. The van der Waals surface area contributed by atoms with E-state index in [2.05, 4.69) is 37.2 Å². The number of carboxylic acids is 1. The lowest BCUT2D eigenvalue weighted by Crippen LogP contribution is -2.61. The number of aliphatic carboxylic acids is 1. The Morgan fingerprint density at radius 1 is 0.662 bits per heavy atom. The molecule has 0 radical (unpaired) electrons. The number of thioether (sulfide) groups is 1. The van der Waals surface area contributed by atoms with Crippen molar-refractivity contribution in [3.63, 3.8) is 0 Å². The molecule has 8 amide bonds. The van der Waals surface area contributed by atoms with Crippen molar-refractivity contribution in [3.8, 4) is 0 Å². The smallest absolute Gasteiger partial charge is 0.326 e. The highest BCUT2D eigenvalue weighted by Gasteiger charge is 2.40. The number of carbonyl (C=O) groups excluding carboxylic acids is 8. The van der Waals surface area contributed by atoms with E-state index in [-0.39, 0.29) is 50.0 Å². The van der Waals surface area contributed by atoms with Crippen molar-refractivity contribution < 1.29 is 53.4 Å². The molecule has 0 bridgehead atoms.